The summed E-state index contributed by atoms with van der Waals surface area (Å²) >= 11 is 0. The SMILES string of the molecule is CCCCOC(=O)C(C)(C)OC=O. The molecule has 0 saturated heterocycles. The van der Waals surface area contributed by atoms with E-state index in [2.05, 4.69) is 4.74 Å². The predicted molar refractivity (Wildman–Crippen MR) is 47.1 cm³/mol. The Morgan fingerprint density at radius 1 is 1.46 bits per heavy atom. The van der Waals surface area contributed by atoms with Crippen molar-refractivity contribution in [3.05, 3.63) is 0 Å². The molecule has 13 heavy (non-hydrogen) atoms. The topological polar surface area (TPSA) is 52.6 Å². The smallest absolute Gasteiger partial charge is 0.349 e. The Kier molecular flexibility index (Phi) is 5.11. The largest absolute Gasteiger partial charge is 0.463 e. The summed E-state index contributed by atoms with van der Waals surface area (Å²) in [5, 5.41) is 0. The number of unbranched alkanes of at least 4 members (excludes halogenated alkanes) is 1. The average Bonchev–Trinajstić information content (AvgIpc) is 2.04. The number of carbonyl (C=O) groups excluding carboxylic acids is 2. The summed E-state index contributed by atoms with van der Waals surface area (Å²) in [7, 11) is 0. The van der Waals surface area contributed by atoms with E-state index < -0.39 is 11.6 Å². The highest BCUT2D eigenvalue weighted by atomic mass is 16.6. The summed E-state index contributed by atoms with van der Waals surface area (Å²) in [5.74, 6) is -0.506. The normalized spacial score (nSPS) is 10.7. The molecule has 0 radical (unpaired) electrons. The first-order valence-electron chi connectivity index (χ1n) is 4.33. The third-order valence-electron chi connectivity index (χ3n) is 1.57. The minimum absolute atomic E-state index is 0.251. The molecule has 0 unspecified atom stereocenters. The molecule has 0 saturated carbocycles. The number of hydrogen-bond donors (Lipinski definition) is 0. The van der Waals surface area contributed by atoms with Crippen molar-refractivity contribution in [3.8, 4) is 0 Å². The van der Waals surface area contributed by atoms with Crippen LogP contribution in [0.1, 0.15) is 33.6 Å². The Morgan fingerprint density at radius 3 is 2.54 bits per heavy atom. The van der Waals surface area contributed by atoms with Gasteiger partial charge in [0.25, 0.3) is 6.47 Å². The third-order valence-corrected chi connectivity index (χ3v) is 1.57. The van der Waals surface area contributed by atoms with E-state index in [0.717, 1.165) is 12.8 Å². The van der Waals surface area contributed by atoms with Gasteiger partial charge in [-0.05, 0) is 20.3 Å². The Hall–Kier alpha value is -1.06. The molecule has 0 N–H and O–H groups in total. The molecule has 0 fully saturated rings. The minimum atomic E-state index is -1.17. The first-order chi connectivity index (χ1) is 6.04. The first-order valence-corrected chi connectivity index (χ1v) is 4.33. The Bertz CT molecular complexity index is 174. The summed E-state index contributed by atoms with van der Waals surface area (Å²) in [6, 6.07) is 0. The van der Waals surface area contributed by atoms with Gasteiger partial charge in [0.1, 0.15) is 0 Å². The molecular weight excluding hydrogens is 172 g/mol. The molecule has 4 heteroatoms. The zero-order valence-corrected chi connectivity index (χ0v) is 8.33. The molecule has 0 aromatic carbocycles. The highest BCUT2D eigenvalue weighted by molar-refractivity contribution is 5.79. The average molecular weight is 188 g/mol. The molecule has 0 amide bonds. The van der Waals surface area contributed by atoms with Crippen LogP contribution in [0.25, 0.3) is 0 Å². The van der Waals surface area contributed by atoms with Crippen molar-refractivity contribution in [1.29, 1.82) is 0 Å². The number of rotatable bonds is 6. The Balaban J connectivity index is 3.86. The van der Waals surface area contributed by atoms with Crippen molar-refractivity contribution in [1.82, 2.24) is 0 Å². The standard InChI is InChI=1S/C9H16O4/c1-4-5-6-12-8(11)9(2,3)13-7-10/h7H,4-6H2,1-3H3. The highest BCUT2D eigenvalue weighted by Crippen LogP contribution is 2.10. The fourth-order valence-electron chi connectivity index (χ4n) is 0.651. The molecular formula is C9H16O4. The van der Waals surface area contributed by atoms with Gasteiger partial charge in [-0.15, -0.1) is 0 Å². The quantitative estimate of drug-likeness (QED) is 0.358. The van der Waals surface area contributed by atoms with Gasteiger partial charge in [-0.3, -0.25) is 4.79 Å². The lowest BCUT2D eigenvalue weighted by Crippen LogP contribution is -2.36. The van der Waals surface area contributed by atoms with Gasteiger partial charge in [0.05, 0.1) is 6.61 Å². The molecule has 0 aliphatic rings. The second-order valence-corrected chi connectivity index (χ2v) is 3.21. The van der Waals surface area contributed by atoms with E-state index in [4.69, 9.17) is 4.74 Å². The summed E-state index contributed by atoms with van der Waals surface area (Å²) in [6.07, 6.45) is 1.78. The van der Waals surface area contributed by atoms with Gasteiger partial charge >= 0.3 is 5.97 Å². The predicted octanol–water partition coefficient (Wildman–Crippen LogP) is 1.28. The van der Waals surface area contributed by atoms with Crippen LogP contribution in [0.4, 0.5) is 0 Å². The summed E-state index contributed by atoms with van der Waals surface area (Å²) in [6.45, 7) is 5.62. The Morgan fingerprint density at radius 2 is 2.08 bits per heavy atom. The van der Waals surface area contributed by atoms with E-state index in [1.165, 1.54) is 13.8 Å². The lowest BCUT2D eigenvalue weighted by atomic mass is 10.1. The maximum absolute atomic E-state index is 11.2. The molecule has 4 nitrogen and oxygen atoms in total. The van der Waals surface area contributed by atoms with E-state index in [-0.39, 0.29) is 6.47 Å². The van der Waals surface area contributed by atoms with Gasteiger partial charge < -0.3 is 9.47 Å². The molecule has 0 rings (SSSR count). The van der Waals surface area contributed by atoms with Gasteiger partial charge in [-0.25, -0.2) is 4.79 Å². The molecule has 76 valence electrons. The maximum atomic E-state index is 11.2. The number of esters is 1. The molecule has 0 aliphatic heterocycles. The van der Waals surface area contributed by atoms with Gasteiger partial charge in [-0.1, -0.05) is 13.3 Å². The van der Waals surface area contributed by atoms with E-state index >= 15 is 0 Å². The fourth-order valence-corrected chi connectivity index (χ4v) is 0.651. The first kappa shape index (κ1) is 11.9. The van der Waals surface area contributed by atoms with Crippen molar-refractivity contribution in [2.75, 3.05) is 6.61 Å². The van der Waals surface area contributed by atoms with Crippen LogP contribution in [0.3, 0.4) is 0 Å². The van der Waals surface area contributed by atoms with Gasteiger partial charge in [-0.2, -0.15) is 0 Å². The fraction of sp³-hybridized carbons (Fsp3) is 0.778. The van der Waals surface area contributed by atoms with Crippen LogP contribution in [0.5, 0.6) is 0 Å². The number of ether oxygens (including phenoxy) is 2. The summed E-state index contributed by atoms with van der Waals surface area (Å²) in [4.78, 5) is 21.2. The highest BCUT2D eigenvalue weighted by Gasteiger charge is 2.30. The molecule has 0 aliphatic carbocycles. The molecule has 0 aromatic heterocycles. The molecule has 0 aromatic rings. The van der Waals surface area contributed by atoms with Crippen LogP contribution in [-0.2, 0) is 19.1 Å². The monoisotopic (exact) mass is 188 g/mol. The third kappa shape index (κ3) is 4.50. The summed E-state index contributed by atoms with van der Waals surface area (Å²) < 4.78 is 9.44. The lowest BCUT2D eigenvalue weighted by molar-refractivity contribution is -0.171. The molecule has 0 heterocycles. The number of hydrogen-bond acceptors (Lipinski definition) is 4. The van der Waals surface area contributed by atoms with Crippen molar-refractivity contribution in [2.24, 2.45) is 0 Å². The van der Waals surface area contributed by atoms with Crippen LogP contribution in [0.2, 0.25) is 0 Å². The second kappa shape index (κ2) is 5.56. The maximum Gasteiger partial charge on any atom is 0.349 e. The molecule has 0 spiro atoms. The van der Waals surface area contributed by atoms with Crippen molar-refractivity contribution in [2.45, 2.75) is 39.2 Å². The van der Waals surface area contributed by atoms with Crippen molar-refractivity contribution in [3.63, 3.8) is 0 Å². The van der Waals surface area contributed by atoms with Gasteiger partial charge in [0.15, 0.2) is 0 Å². The minimum Gasteiger partial charge on any atom is -0.463 e. The van der Waals surface area contributed by atoms with Gasteiger partial charge in [0.2, 0.25) is 5.60 Å². The van der Waals surface area contributed by atoms with Gasteiger partial charge in [0, 0.05) is 0 Å². The van der Waals surface area contributed by atoms with Crippen LogP contribution in [0, 0.1) is 0 Å². The van der Waals surface area contributed by atoms with Crippen LogP contribution in [0.15, 0.2) is 0 Å². The van der Waals surface area contributed by atoms with Crippen molar-refractivity contribution < 1.29 is 19.1 Å². The number of carbonyl (C=O) groups is 2. The van der Waals surface area contributed by atoms with Crippen LogP contribution in [-0.4, -0.2) is 24.6 Å². The van der Waals surface area contributed by atoms with Crippen LogP contribution >= 0.6 is 0 Å². The summed E-state index contributed by atoms with van der Waals surface area (Å²) in [5.41, 5.74) is -1.17. The van der Waals surface area contributed by atoms with E-state index in [1.54, 1.807) is 0 Å². The van der Waals surface area contributed by atoms with Crippen LogP contribution < -0.4 is 0 Å². The second-order valence-electron chi connectivity index (χ2n) is 3.21. The lowest BCUT2D eigenvalue weighted by Gasteiger charge is -2.20. The zero-order chi connectivity index (χ0) is 10.3. The molecule has 0 atom stereocenters. The zero-order valence-electron chi connectivity index (χ0n) is 8.33. The van der Waals surface area contributed by atoms with E-state index in [0.29, 0.717) is 6.61 Å². The Labute approximate surface area is 78.2 Å². The van der Waals surface area contributed by atoms with Crippen molar-refractivity contribution >= 4 is 12.4 Å². The van der Waals surface area contributed by atoms with E-state index in [9.17, 15) is 9.59 Å². The molecule has 0 bridgehead atoms. The van der Waals surface area contributed by atoms with E-state index in [1.807, 2.05) is 6.92 Å².